The number of ether oxygens (including phenoxy) is 3. The molecule has 1 aliphatic rings. The predicted octanol–water partition coefficient (Wildman–Crippen LogP) is 2.72. The van der Waals surface area contributed by atoms with Crippen LogP contribution in [0.1, 0.15) is 20.7 Å². The van der Waals surface area contributed by atoms with Gasteiger partial charge in [0, 0.05) is 23.0 Å². The van der Waals surface area contributed by atoms with Crippen LogP contribution >= 0.6 is 0 Å². The van der Waals surface area contributed by atoms with Gasteiger partial charge in [-0.2, -0.15) is 5.10 Å². The Labute approximate surface area is 238 Å². The maximum absolute atomic E-state index is 14.2. The highest BCUT2D eigenvalue weighted by atomic mass is 19.1. The van der Waals surface area contributed by atoms with Crippen molar-refractivity contribution in [3.8, 4) is 17.2 Å². The second-order valence-corrected chi connectivity index (χ2v) is 8.56. The smallest absolute Gasteiger partial charge is 0.335 e. The van der Waals surface area contributed by atoms with Crippen LogP contribution in [0.5, 0.6) is 17.2 Å². The Bertz CT molecular complexity index is 1570. The number of anilines is 2. The number of benzene rings is 3. The number of nitrogens with one attached hydrogen (secondary N) is 3. The Kier molecular flexibility index (Phi) is 8.75. The maximum atomic E-state index is 14.2. The number of methoxy groups -OCH3 is 3. The standard InChI is InChI=1S/C28H24FN5O8/c1-40-21-12-16(13-22(41-2)23(21)42-3)24(35)31-17-10-8-15(9-11-17)25(36)33-30-14-18-26(37)32-28(39)34(27(18)38)20-7-5-4-6-19(20)29/h4-14,18H,1-3H3,(H,31,35)(H,33,36)(H,32,37,39)/b30-14-/t18-/m0/s1. The number of hydrazone groups is 1. The van der Waals surface area contributed by atoms with Gasteiger partial charge in [-0.05, 0) is 48.5 Å². The lowest BCUT2D eigenvalue weighted by molar-refractivity contribution is -0.131. The van der Waals surface area contributed by atoms with E-state index in [1.165, 1.54) is 75.9 Å². The maximum Gasteiger partial charge on any atom is 0.335 e. The molecule has 6 amide bonds. The van der Waals surface area contributed by atoms with Gasteiger partial charge in [-0.25, -0.2) is 19.5 Å². The number of urea groups is 1. The van der Waals surface area contributed by atoms with Gasteiger partial charge in [0.05, 0.1) is 27.0 Å². The number of carbonyl (C=O) groups is 5. The van der Waals surface area contributed by atoms with Crippen molar-refractivity contribution in [1.82, 2.24) is 10.7 Å². The van der Waals surface area contributed by atoms with Crippen LogP contribution in [0, 0.1) is 11.7 Å². The summed E-state index contributed by atoms with van der Waals surface area (Å²) < 4.78 is 30.0. The average molecular weight is 578 g/mol. The van der Waals surface area contributed by atoms with Crippen LogP contribution in [-0.4, -0.2) is 57.2 Å². The van der Waals surface area contributed by atoms with Crippen molar-refractivity contribution >= 4 is 47.2 Å². The second-order valence-electron chi connectivity index (χ2n) is 8.56. The first-order valence-corrected chi connectivity index (χ1v) is 12.2. The number of imide groups is 2. The normalized spacial score (nSPS) is 14.8. The fourth-order valence-electron chi connectivity index (χ4n) is 3.94. The first-order chi connectivity index (χ1) is 20.2. The molecule has 0 radical (unpaired) electrons. The van der Waals surface area contributed by atoms with Gasteiger partial charge in [-0.3, -0.25) is 24.5 Å². The quantitative estimate of drug-likeness (QED) is 0.198. The molecule has 0 aliphatic carbocycles. The third-order valence-corrected chi connectivity index (χ3v) is 6.02. The van der Waals surface area contributed by atoms with Crippen molar-refractivity contribution in [1.29, 1.82) is 0 Å². The molecule has 0 spiro atoms. The molecule has 14 heteroatoms. The van der Waals surface area contributed by atoms with Gasteiger partial charge in [0.25, 0.3) is 17.7 Å². The van der Waals surface area contributed by atoms with E-state index in [0.717, 1.165) is 12.3 Å². The number of carbonyl (C=O) groups excluding carboxylic acids is 5. The Hall–Kier alpha value is -5.79. The minimum Gasteiger partial charge on any atom is -0.493 e. The molecule has 3 N–H and O–H groups in total. The van der Waals surface area contributed by atoms with Crippen LogP contribution in [0.25, 0.3) is 0 Å². The van der Waals surface area contributed by atoms with Crippen molar-refractivity contribution in [3.63, 3.8) is 0 Å². The summed E-state index contributed by atoms with van der Waals surface area (Å²) in [5.74, 6) is -4.71. The summed E-state index contributed by atoms with van der Waals surface area (Å²) in [4.78, 5) is 63.0. The summed E-state index contributed by atoms with van der Waals surface area (Å²) in [7, 11) is 4.30. The van der Waals surface area contributed by atoms with Crippen LogP contribution in [-0.2, 0) is 9.59 Å². The van der Waals surface area contributed by atoms with E-state index in [9.17, 15) is 28.4 Å². The van der Waals surface area contributed by atoms with Crippen LogP contribution < -0.4 is 35.2 Å². The molecule has 0 aromatic heterocycles. The number of para-hydroxylation sites is 1. The molecule has 1 aliphatic heterocycles. The lowest BCUT2D eigenvalue weighted by Crippen LogP contribution is -2.59. The number of amides is 6. The van der Waals surface area contributed by atoms with E-state index in [-0.39, 0.29) is 16.8 Å². The van der Waals surface area contributed by atoms with Gasteiger partial charge in [-0.1, -0.05) is 12.1 Å². The number of barbiturate groups is 1. The minimum atomic E-state index is -1.60. The molecule has 1 fully saturated rings. The summed E-state index contributed by atoms with van der Waals surface area (Å²) >= 11 is 0. The molecule has 3 aromatic rings. The topological polar surface area (TPSA) is 165 Å². The molecule has 1 atom stereocenters. The zero-order chi connectivity index (χ0) is 30.4. The van der Waals surface area contributed by atoms with Crippen LogP contribution in [0.2, 0.25) is 0 Å². The molecule has 42 heavy (non-hydrogen) atoms. The van der Waals surface area contributed by atoms with Gasteiger partial charge in [0.15, 0.2) is 17.4 Å². The number of nitrogens with zero attached hydrogens (tertiary/aromatic N) is 2. The summed E-state index contributed by atoms with van der Waals surface area (Å²) in [5.41, 5.74) is 2.58. The van der Waals surface area contributed by atoms with Crippen LogP contribution in [0.3, 0.4) is 0 Å². The van der Waals surface area contributed by atoms with Gasteiger partial charge in [-0.15, -0.1) is 0 Å². The predicted molar refractivity (Wildman–Crippen MR) is 147 cm³/mol. The highest BCUT2D eigenvalue weighted by Gasteiger charge is 2.41. The number of hydrogen-bond acceptors (Lipinski definition) is 9. The zero-order valence-corrected chi connectivity index (χ0v) is 22.5. The van der Waals surface area contributed by atoms with Gasteiger partial charge in [0.2, 0.25) is 11.7 Å². The molecule has 4 rings (SSSR count). The Morgan fingerprint density at radius 2 is 1.55 bits per heavy atom. The third kappa shape index (κ3) is 6.01. The third-order valence-electron chi connectivity index (χ3n) is 6.02. The van der Waals surface area contributed by atoms with Crippen molar-refractivity contribution in [2.75, 3.05) is 31.5 Å². The number of rotatable bonds is 9. The first-order valence-electron chi connectivity index (χ1n) is 12.2. The summed E-state index contributed by atoms with van der Waals surface area (Å²) in [6.45, 7) is 0. The van der Waals surface area contributed by atoms with E-state index in [0.29, 0.717) is 27.8 Å². The highest BCUT2D eigenvalue weighted by molar-refractivity contribution is 6.32. The van der Waals surface area contributed by atoms with E-state index in [1.54, 1.807) is 0 Å². The van der Waals surface area contributed by atoms with Crippen molar-refractivity contribution in [2.45, 2.75) is 0 Å². The van der Waals surface area contributed by atoms with Crippen molar-refractivity contribution in [3.05, 3.63) is 77.6 Å². The first kappa shape index (κ1) is 29.2. The Morgan fingerprint density at radius 1 is 0.905 bits per heavy atom. The zero-order valence-electron chi connectivity index (χ0n) is 22.5. The summed E-state index contributed by atoms with van der Waals surface area (Å²) in [6.07, 6.45) is 0.835. The fraction of sp³-hybridized carbons (Fsp3) is 0.143. The van der Waals surface area contributed by atoms with E-state index in [4.69, 9.17) is 14.2 Å². The SMILES string of the molecule is COc1cc(C(=O)Nc2ccc(C(=O)N/N=C\[C@H]3C(=O)NC(=O)N(c4ccccc4F)C3=O)cc2)cc(OC)c1OC. The van der Waals surface area contributed by atoms with E-state index >= 15 is 0 Å². The highest BCUT2D eigenvalue weighted by Crippen LogP contribution is 2.38. The summed E-state index contributed by atoms with van der Waals surface area (Å²) in [5, 5.41) is 8.32. The molecule has 13 nitrogen and oxygen atoms in total. The van der Waals surface area contributed by atoms with Gasteiger partial charge >= 0.3 is 6.03 Å². The molecule has 3 aromatic carbocycles. The molecule has 0 bridgehead atoms. The molecule has 1 heterocycles. The summed E-state index contributed by atoms with van der Waals surface area (Å²) in [6, 6.07) is 12.7. The Morgan fingerprint density at radius 3 is 2.14 bits per heavy atom. The monoisotopic (exact) mass is 577 g/mol. The lowest BCUT2D eigenvalue weighted by Gasteiger charge is -2.28. The average Bonchev–Trinajstić information content (AvgIpc) is 2.99. The van der Waals surface area contributed by atoms with Crippen molar-refractivity contribution in [2.24, 2.45) is 11.0 Å². The minimum absolute atomic E-state index is 0.139. The van der Waals surface area contributed by atoms with E-state index < -0.39 is 41.4 Å². The number of halogens is 1. The van der Waals surface area contributed by atoms with E-state index in [1.807, 2.05) is 5.32 Å². The molecule has 1 saturated heterocycles. The van der Waals surface area contributed by atoms with Gasteiger partial charge < -0.3 is 19.5 Å². The molecule has 0 unspecified atom stereocenters. The molecule has 216 valence electrons. The Balaban J connectivity index is 1.40. The van der Waals surface area contributed by atoms with Crippen molar-refractivity contribution < 1.29 is 42.6 Å². The lowest BCUT2D eigenvalue weighted by atomic mass is 10.1. The molecular formula is C28H24FN5O8. The van der Waals surface area contributed by atoms with Crippen LogP contribution in [0.4, 0.5) is 20.6 Å². The van der Waals surface area contributed by atoms with Crippen LogP contribution in [0.15, 0.2) is 65.8 Å². The number of hydrogen-bond donors (Lipinski definition) is 3. The molecular weight excluding hydrogens is 553 g/mol. The van der Waals surface area contributed by atoms with E-state index in [2.05, 4.69) is 15.8 Å². The van der Waals surface area contributed by atoms with Gasteiger partial charge in [0.1, 0.15) is 5.82 Å². The second kappa shape index (κ2) is 12.6. The fourth-order valence-corrected chi connectivity index (χ4v) is 3.94. The largest absolute Gasteiger partial charge is 0.493 e. The molecule has 0 saturated carbocycles.